The van der Waals surface area contributed by atoms with Gasteiger partial charge in [-0.1, -0.05) is 89.7 Å². The topological polar surface area (TPSA) is 61.4 Å². The maximum Gasteiger partial charge on any atom is 0.143 e. The molecule has 0 saturated heterocycles. The van der Waals surface area contributed by atoms with Crippen molar-refractivity contribution in [3.05, 3.63) is 24.3 Å². The van der Waals surface area contributed by atoms with Gasteiger partial charge in [0.2, 0.25) is 0 Å². The number of hydrogen-bond acceptors (Lipinski definition) is 3. The molecule has 0 aliphatic heterocycles. The monoisotopic (exact) mass is 368 g/mol. The van der Waals surface area contributed by atoms with Gasteiger partial charge in [-0.05, 0) is 18.6 Å². The van der Waals surface area contributed by atoms with E-state index in [0.717, 1.165) is 6.42 Å². The van der Waals surface area contributed by atoms with Crippen molar-refractivity contribution >= 4 is 17.0 Å². The molecule has 0 radical (unpaired) electrons. The molecule has 1 unspecified atom stereocenters. The van der Waals surface area contributed by atoms with Crippen molar-refractivity contribution in [2.24, 2.45) is 0 Å². The fourth-order valence-corrected chi connectivity index (χ4v) is 3.24. The largest absolute Gasteiger partial charge is 0.755 e. The van der Waals surface area contributed by atoms with Crippen LogP contribution in [0.25, 0.3) is 0 Å². The lowest BCUT2D eigenvalue weighted by Crippen LogP contribution is -2.05. The van der Waals surface area contributed by atoms with Gasteiger partial charge in [-0.25, -0.2) is 0 Å². The van der Waals surface area contributed by atoms with E-state index in [4.69, 9.17) is 4.74 Å². The summed E-state index contributed by atoms with van der Waals surface area (Å²) < 4.78 is 29.5. The normalized spacial score (nSPS) is 12.1. The zero-order valence-corrected chi connectivity index (χ0v) is 16.5. The summed E-state index contributed by atoms with van der Waals surface area (Å²) >= 11 is -2.32. The van der Waals surface area contributed by atoms with Crippen LogP contribution in [0, 0.1) is 0 Å². The van der Waals surface area contributed by atoms with Crippen LogP contribution in [0.1, 0.15) is 84.0 Å². The van der Waals surface area contributed by atoms with Gasteiger partial charge in [-0.3, -0.25) is 4.21 Å². The lowest BCUT2D eigenvalue weighted by molar-refractivity contribution is 0.305. The Morgan fingerprint density at radius 2 is 1.40 bits per heavy atom. The van der Waals surface area contributed by atoms with Crippen LogP contribution in [0.15, 0.2) is 24.3 Å². The lowest BCUT2D eigenvalue weighted by atomic mass is 10.1. The predicted octanol–water partition coefficient (Wildman–Crippen LogP) is 5.97. The Bertz CT molecular complexity index is 468. The highest BCUT2D eigenvalue weighted by Crippen LogP contribution is 2.24. The molecule has 144 valence electrons. The maximum atomic E-state index is 10.7. The number of hydrogen-bond donors (Lipinski definition) is 1. The molecular formula is C20H34NO3S-. The van der Waals surface area contributed by atoms with E-state index in [-0.39, 0.29) is 0 Å². The quantitative estimate of drug-likeness (QED) is 0.289. The van der Waals surface area contributed by atoms with Crippen molar-refractivity contribution in [2.75, 3.05) is 11.3 Å². The molecule has 1 N–H and O–H groups in total. The zero-order chi connectivity index (χ0) is 18.2. The maximum absolute atomic E-state index is 10.7. The van der Waals surface area contributed by atoms with Crippen LogP contribution in [0.4, 0.5) is 5.69 Å². The smallest absolute Gasteiger partial charge is 0.143 e. The third kappa shape index (κ3) is 12.0. The van der Waals surface area contributed by atoms with Crippen molar-refractivity contribution in [1.29, 1.82) is 0 Å². The Labute approximate surface area is 156 Å². The van der Waals surface area contributed by atoms with E-state index in [1.165, 1.54) is 70.6 Å². The average Bonchev–Trinajstić information content (AvgIpc) is 2.60. The van der Waals surface area contributed by atoms with E-state index in [1.54, 1.807) is 18.2 Å². The highest BCUT2D eigenvalue weighted by Gasteiger charge is 2.02. The van der Waals surface area contributed by atoms with Gasteiger partial charge in [0.1, 0.15) is 5.75 Å². The summed E-state index contributed by atoms with van der Waals surface area (Å²) in [5.74, 6) is 0.592. The molecule has 1 aromatic rings. The summed E-state index contributed by atoms with van der Waals surface area (Å²) in [6, 6.07) is 7.12. The first-order valence-electron chi connectivity index (χ1n) is 9.81. The first kappa shape index (κ1) is 22.0. The Hall–Kier alpha value is -1.07. The predicted molar refractivity (Wildman–Crippen MR) is 106 cm³/mol. The molecule has 0 saturated carbocycles. The average molecular weight is 369 g/mol. The number of unbranched alkanes of at least 4 members (excludes halogenated alkanes) is 11. The molecule has 4 nitrogen and oxygen atoms in total. The molecule has 1 atom stereocenters. The second kappa shape index (κ2) is 15.2. The first-order valence-corrected chi connectivity index (χ1v) is 10.9. The number of anilines is 1. The Balaban J connectivity index is 1.96. The number of rotatable bonds is 16. The molecule has 0 spiro atoms. The van der Waals surface area contributed by atoms with Gasteiger partial charge in [0.15, 0.2) is 0 Å². The molecule has 1 aromatic carbocycles. The van der Waals surface area contributed by atoms with Crippen LogP contribution in [0.3, 0.4) is 0 Å². The molecule has 0 aliphatic rings. The van der Waals surface area contributed by atoms with Crippen molar-refractivity contribution in [3.63, 3.8) is 0 Å². The van der Waals surface area contributed by atoms with Crippen LogP contribution in [-0.2, 0) is 11.3 Å². The van der Waals surface area contributed by atoms with E-state index < -0.39 is 11.3 Å². The van der Waals surface area contributed by atoms with Crippen LogP contribution >= 0.6 is 0 Å². The van der Waals surface area contributed by atoms with Gasteiger partial charge >= 0.3 is 0 Å². The molecule has 0 amide bonds. The minimum absolute atomic E-state index is 0.495. The summed E-state index contributed by atoms with van der Waals surface area (Å²) in [5, 5.41) is 0. The van der Waals surface area contributed by atoms with E-state index in [0.29, 0.717) is 18.0 Å². The summed E-state index contributed by atoms with van der Waals surface area (Å²) in [5.41, 5.74) is 0.495. The van der Waals surface area contributed by atoms with Crippen molar-refractivity contribution in [3.8, 4) is 5.75 Å². The van der Waals surface area contributed by atoms with Gasteiger partial charge in [0.25, 0.3) is 0 Å². The fourth-order valence-electron chi connectivity index (χ4n) is 2.89. The Morgan fingerprint density at radius 1 is 0.880 bits per heavy atom. The summed E-state index contributed by atoms with van der Waals surface area (Å²) in [6.07, 6.45) is 15.7. The summed E-state index contributed by atoms with van der Waals surface area (Å²) in [4.78, 5) is 0. The molecule has 5 heteroatoms. The van der Waals surface area contributed by atoms with E-state index in [2.05, 4.69) is 11.6 Å². The number of para-hydroxylation sites is 2. The number of nitrogens with one attached hydrogen (secondary N) is 1. The minimum Gasteiger partial charge on any atom is -0.755 e. The molecule has 0 fully saturated rings. The highest BCUT2D eigenvalue weighted by atomic mass is 32.2. The molecule has 0 aliphatic carbocycles. The van der Waals surface area contributed by atoms with E-state index >= 15 is 0 Å². The van der Waals surface area contributed by atoms with Gasteiger partial charge in [-0.2, -0.15) is 0 Å². The second-order valence-electron chi connectivity index (χ2n) is 6.57. The van der Waals surface area contributed by atoms with Crippen LogP contribution in [0.2, 0.25) is 0 Å². The summed E-state index contributed by atoms with van der Waals surface area (Å²) in [7, 11) is 0. The third-order valence-electron chi connectivity index (χ3n) is 4.34. The van der Waals surface area contributed by atoms with E-state index in [1.807, 2.05) is 6.07 Å². The molecule has 0 aromatic heterocycles. The zero-order valence-electron chi connectivity index (χ0n) is 15.6. The van der Waals surface area contributed by atoms with Gasteiger partial charge in [-0.15, -0.1) is 0 Å². The summed E-state index contributed by atoms with van der Waals surface area (Å²) in [6.45, 7) is 2.89. The molecule has 0 heterocycles. The molecule has 0 bridgehead atoms. The standard InChI is InChI=1S/C20H35NO3S/c1-2-3-4-5-6-7-8-9-10-11-12-15-18-24-20-17-14-13-16-19(20)21-25(22)23/h13-14,16-17,21H,2-12,15,18H2,1H3,(H,22,23)/p-1. The third-order valence-corrected chi connectivity index (χ3v) is 4.72. The number of benzene rings is 1. The van der Waals surface area contributed by atoms with Crippen LogP contribution in [-0.4, -0.2) is 15.4 Å². The SMILES string of the molecule is CCCCCCCCCCCCCCOc1ccccc1NS(=O)[O-]. The number of ether oxygens (including phenoxy) is 1. The van der Waals surface area contributed by atoms with Crippen molar-refractivity contribution < 1.29 is 13.5 Å². The van der Waals surface area contributed by atoms with E-state index in [9.17, 15) is 8.76 Å². The highest BCUT2D eigenvalue weighted by molar-refractivity contribution is 7.80. The Kier molecular flexibility index (Phi) is 13.4. The fraction of sp³-hybridized carbons (Fsp3) is 0.700. The molecule has 1 rings (SSSR count). The molecule has 25 heavy (non-hydrogen) atoms. The van der Waals surface area contributed by atoms with Crippen LogP contribution in [0.5, 0.6) is 5.75 Å². The first-order chi connectivity index (χ1) is 12.2. The van der Waals surface area contributed by atoms with Gasteiger partial charge in [0, 0.05) is 11.3 Å². The van der Waals surface area contributed by atoms with Crippen molar-refractivity contribution in [1.82, 2.24) is 0 Å². The van der Waals surface area contributed by atoms with Crippen molar-refractivity contribution in [2.45, 2.75) is 84.0 Å². The molecular weight excluding hydrogens is 334 g/mol. The Morgan fingerprint density at radius 3 is 1.96 bits per heavy atom. The minimum atomic E-state index is -2.32. The second-order valence-corrected chi connectivity index (χ2v) is 7.24. The van der Waals surface area contributed by atoms with Crippen LogP contribution < -0.4 is 9.46 Å². The van der Waals surface area contributed by atoms with Gasteiger partial charge in [0.05, 0.1) is 12.3 Å². The lowest BCUT2D eigenvalue weighted by Gasteiger charge is -2.14. The van der Waals surface area contributed by atoms with Gasteiger partial charge < -0.3 is 14.0 Å².